The van der Waals surface area contributed by atoms with Crippen LogP contribution in [0.5, 0.6) is 0 Å². The Balaban J connectivity index is 1.72. The first kappa shape index (κ1) is 18.3. The molecular formula is C28H25P. The molecule has 1 fully saturated rings. The van der Waals surface area contributed by atoms with Crippen molar-refractivity contribution in [3.63, 3.8) is 0 Å². The van der Waals surface area contributed by atoms with Gasteiger partial charge in [0.25, 0.3) is 0 Å². The van der Waals surface area contributed by atoms with Crippen molar-refractivity contribution >= 4 is 18.5 Å². The lowest BCUT2D eigenvalue weighted by atomic mass is 9.86. The van der Waals surface area contributed by atoms with Gasteiger partial charge in [0, 0.05) is 10.6 Å². The van der Waals surface area contributed by atoms with Crippen LogP contribution in [0.1, 0.15) is 24.5 Å². The van der Waals surface area contributed by atoms with Gasteiger partial charge in [-0.2, -0.15) is 0 Å². The standard InChI is InChI=1S/C28H25P/c1-27(29(25-18-10-4-11-19-25)26-20-12-5-13-21-26)22-28(27,23-14-6-2-7-15-23)24-16-8-3-9-17-24/h2-21H,22H2,1H3. The van der Waals surface area contributed by atoms with Gasteiger partial charge in [0.05, 0.1) is 0 Å². The molecule has 0 spiro atoms. The van der Waals surface area contributed by atoms with Gasteiger partial charge in [0.1, 0.15) is 0 Å². The predicted octanol–water partition coefficient (Wildman–Crippen LogP) is 6.27. The van der Waals surface area contributed by atoms with Crippen LogP contribution in [-0.2, 0) is 5.41 Å². The minimum Gasteiger partial charge on any atom is -0.0622 e. The lowest BCUT2D eigenvalue weighted by Gasteiger charge is -2.32. The first-order valence-electron chi connectivity index (χ1n) is 10.3. The van der Waals surface area contributed by atoms with E-state index in [2.05, 4.69) is 128 Å². The lowest BCUT2D eigenvalue weighted by Crippen LogP contribution is -2.29. The van der Waals surface area contributed by atoms with Crippen molar-refractivity contribution in [3.05, 3.63) is 132 Å². The average Bonchev–Trinajstić information content (AvgIpc) is 3.44. The fourth-order valence-electron chi connectivity index (χ4n) is 5.05. The summed E-state index contributed by atoms with van der Waals surface area (Å²) >= 11 is 0. The molecule has 1 unspecified atom stereocenters. The van der Waals surface area contributed by atoms with Crippen LogP contribution in [-0.4, -0.2) is 5.16 Å². The fraction of sp³-hybridized carbons (Fsp3) is 0.143. The summed E-state index contributed by atoms with van der Waals surface area (Å²) in [5.74, 6) is 0. The summed E-state index contributed by atoms with van der Waals surface area (Å²) < 4.78 is 0. The normalized spacial score (nSPS) is 19.8. The zero-order valence-corrected chi connectivity index (χ0v) is 17.6. The van der Waals surface area contributed by atoms with Gasteiger partial charge in [-0.15, -0.1) is 0 Å². The zero-order valence-electron chi connectivity index (χ0n) is 16.7. The van der Waals surface area contributed by atoms with E-state index in [0.717, 1.165) is 0 Å². The smallest absolute Gasteiger partial charge is 0.0311 e. The van der Waals surface area contributed by atoms with E-state index in [9.17, 15) is 0 Å². The third kappa shape index (κ3) is 2.95. The molecule has 0 heterocycles. The van der Waals surface area contributed by atoms with Crippen molar-refractivity contribution < 1.29 is 0 Å². The van der Waals surface area contributed by atoms with Gasteiger partial charge in [-0.05, 0) is 36.1 Å². The third-order valence-electron chi connectivity index (χ3n) is 6.46. The van der Waals surface area contributed by atoms with Crippen LogP contribution in [0.2, 0.25) is 0 Å². The second-order valence-corrected chi connectivity index (χ2v) is 10.8. The molecule has 0 saturated heterocycles. The van der Waals surface area contributed by atoms with E-state index in [1.165, 1.54) is 28.2 Å². The van der Waals surface area contributed by atoms with Gasteiger partial charge >= 0.3 is 0 Å². The number of benzene rings is 4. The maximum atomic E-state index is 2.51. The van der Waals surface area contributed by atoms with Crippen molar-refractivity contribution in [1.82, 2.24) is 0 Å². The highest BCUT2D eigenvalue weighted by atomic mass is 31.1. The highest BCUT2D eigenvalue weighted by molar-refractivity contribution is 7.74. The van der Waals surface area contributed by atoms with Crippen LogP contribution in [0.15, 0.2) is 121 Å². The van der Waals surface area contributed by atoms with Crippen molar-refractivity contribution in [2.24, 2.45) is 0 Å². The number of hydrogen-bond acceptors (Lipinski definition) is 0. The molecule has 1 saturated carbocycles. The van der Waals surface area contributed by atoms with Gasteiger partial charge in [0.15, 0.2) is 0 Å². The minimum absolute atomic E-state index is 0.0485. The Morgan fingerprint density at radius 1 is 0.517 bits per heavy atom. The predicted molar refractivity (Wildman–Crippen MR) is 126 cm³/mol. The molecule has 0 nitrogen and oxygen atoms in total. The lowest BCUT2D eigenvalue weighted by molar-refractivity contribution is 0.776. The van der Waals surface area contributed by atoms with Crippen LogP contribution in [0.3, 0.4) is 0 Å². The summed E-state index contributed by atoms with van der Waals surface area (Å²) in [6, 6.07) is 44.6. The second kappa shape index (κ2) is 7.29. The Labute approximate surface area is 175 Å². The molecule has 0 aromatic heterocycles. The topological polar surface area (TPSA) is 0 Å². The molecule has 0 radical (unpaired) electrons. The zero-order chi connectivity index (χ0) is 19.7. The molecule has 1 heteroatoms. The molecule has 1 atom stereocenters. The van der Waals surface area contributed by atoms with Crippen LogP contribution >= 0.6 is 7.92 Å². The largest absolute Gasteiger partial charge is 0.0622 e. The highest BCUT2D eigenvalue weighted by Crippen LogP contribution is 2.75. The molecule has 5 rings (SSSR count). The Morgan fingerprint density at radius 3 is 1.24 bits per heavy atom. The molecule has 0 bridgehead atoms. The van der Waals surface area contributed by atoms with Crippen LogP contribution in [0.4, 0.5) is 0 Å². The van der Waals surface area contributed by atoms with E-state index in [1.807, 2.05) is 0 Å². The van der Waals surface area contributed by atoms with E-state index in [4.69, 9.17) is 0 Å². The van der Waals surface area contributed by atoms with E-state index in [-0.39, 0.29) is 10.6 Å². The van der Waals surface area contributed by atoms with Crippen molar-refractivity contribution in [2.45, 2.75) is 23.9 Å². The summed E-state index contributed by atoms with van der Waals surface area (Å²) in [5.41, 5.74) is 2.92. The van der Waals surface area contributed by atoms with Gasteiger partial charge in [-0.3, -0.25) is 0 Å². The van der Waals surface area contributed by atoms with Gasteiger partial charge in [0.2, 0.25) is 0 Å². The van der Waals surface area contributed by atoms with Gasteiger partial charge < -0.3 is 0 Å². The third-order valence-corrected chi connectivity index (χ3v) is 9.62. The SMILES string of the molecule is CC1(P(c2ccccc2)c2ccccc2)CC1(c1ccccc1)c1ccccc1. The molecule has 4 aromatic carbocycles. The summed E-state index contributed by atoms with van der Waals surface area (Å²) in [7, 11) is -0.516. The van der Waals surface area contributed by atoms with Gasteiger partial charge in [-0.1, -0.05) is 128 Å². The molecule has 0 N–H and O–H groups in total. The Bertz CT molecular complexity index is 995. The quantitative estimate of drug-likeness (QED) is 0.351. The van der Waals surface area contributed by atoms with Crippen LogP contribution < -0.4 is 10.6 Å². The maximum absolute atomic E-state index is 2.51. The molecule has 142 valence electrons. The summed E-state index contributed by atoms with van der Waals surface area (Å²) in [6.45, 7) is 2.51. The molecular weight excluding hydrogens is 367 g/mol. The van der Waals surface area contributed by atoms with Crippen molar-refractivity contribution in [2.75, 3.05) is 0 Å². The molecule has 29 heavy (non-hydrogen) atoms. The van der Waals surface area contributed by atoms with Crippen LogP contribution in [0.25, 0.3) is 0 Å². The molecule has 1 aliphatic rings. The van der Waals surface area contributed by atoms with E-state index < -0.39 is 7.92 Å². The van der Waals surface area contributed by atoms with Crippen molar-refractivity contribution in [1.29, 1.82) is 0 Å². The van der Waals surface area contributed by atoms with Crippen molar-refractivity contribution in [3.8, 4) is 0 Å². The fourth-order valence-corrected chi connectivity index (χ4v) is 8.47. The molecule has 0 amide bonds. The number of rotatable bonds is 5. The van der Waals surface area contributed by atoms with E-state index >= 15 is 0 Å². The Kier molecular flexibility index (Phi) is 4.61. The van der Waals surface area contributed by atoms with E-state index in [0.29, 0.717) is 0 Å². The molecule has 1 aliphatic carbocycles. The average molecular weight is 392 g/mol. The minimum atomic E-state index is -0.516. The van der Waals surface area contributed by atoms with Crippen LogP contribution in [0, 0.1) is 0 Å². The Hall–Kier alpha value is -2.69. The first-order valence-corrected chi connectivity index (χ1v) is 11.6. The highest BCUT2D eigenvalue weighted by Gasteiger charge is 2.69. The monoisotopic (exact) mass is 392 g/mol. The first-order chi connectivity index (χ1) is 14.3. The summed E-state index contributed by atoms with van der Waals surface area (Å²) in [4.78, 5) is 0. The van der Waals surface area contributed by atoms with E-state index in [1.54, 1.807) is 0 Å². The molecule has 0 aliphatic heterocycles. The Morgan fingerprint density at radius 2 is 0.862 bits per heavy atom. The second-order valence-electron chi connectivity index (χ2n) is 8.09. The van der Waals surface area contributed by atoms with Gasteiger partial charge in [-0.25, -0.2) is 0 Å². The number of hydrogen-bond donors (Lipinski definition) is 0. The molecule has 4 aromatic rings. The summed E-state index contributed by atoms with van der Waals surface area (Å²) in [6.07, 6.45) is 1.17. The maximum Gasteiger partial charge on any atom is 0.0311 e. The summed E-state index contributed by atoms with van der Waals surface area (Å²) in [5, 5.41) is 3.09.